The molecule has 0 unspecified atom stereocenters. The van der Waals surface area contributed by atoms with E-state index in [1.807, 2.05) is 43.0 Å². The third kappa shape index (κ3) is 5.70. The molecule has 0 aromatic heterocycles. The van der Waals surface area contributed by atoms with E-state index in [2.05, 4.69) is 10.6 Å². The van der Waals surface area contributed by atoms with Crippen molar-refractivity contribution in [2.24, 2.45) is 4.99 Å². The lowest BCUT2D eigenvalue weighted by Gasteiger charge is -2.39. The third-order valence-electron chi connectivity index (χ3n) is 4.80. The molecule has 1 heterocycles. The van der Waals surface area contributed by atoms with Gasteiger partial charge in [0, 0.05) is 31.7 Å². The molecular formula is C20H32N4O3S. The summed E-state index contributed by atoms with van der Waals surface area (Å²) in [6.45, 7) is 9.56. The largest absolute Gasteiger partial charge is 0.357 e. The van der Waals surface area contributed by atoms with Gasteiger partial charge in [0.05, 0.1) is 17.0 Å². The van der Waals surface area contributed by atoms with Crippen LogP contribution in [0.25, 0.3) is 0 Å². The van der Waals surface area contributed by atoms with E-state index in [1.54, 1.807) is 13.8 Å². The number of carbonyl (C=O) groups is 1. The second kappa shape index (κ2) is 9.41. The van der Waals surface area contributed by atoms with Crippen LogP contribution in [0, 0.1) is 0 Å². The first-order valence-corrected chi connectivity index (χ1v) is 11.5. The average Bonchev–Trinajstić information content (AvgIpc) is 2.62. The van der Waals surface area contributed by atoms with Crippen LogP contribution in [0.15, 0.2) is 29.3 Å². The summed E-state index contributed by atoms with van der Waals surface area (Å²) >= 11 is 0. The van der Waals surface area contributed by atoms with Gasteiger partial charge in [-0.3, -0.25) is 4.79 Å². The normalized spacial score (nSPS) is 18.6. The van der Waals surface area contributed by atoms with Crippen molar-refractivity contribution in [3.63, 3.8) is 0 Å². The van der Waals surface area contributed by atoms with E-state index in [0.717, 1.165) is 23.6 Å². The summed E-state index contributed by atoms with van der Waals surface area (Å²) in [5.74, 6) is 0.882. The second-order valence-corrected chi connectivity index (χ2v) is 10.4. The van der Waals surface area contributed by atoms with Crippen LogP contribution in [-0.4, -0.2) is 55.3 Å². The van der Waals surface area contributed by atoms with Crippen LogP contribution in [-0.2, 0) is 21.2 Å². The zero-order valence-electron chi connectivity index (χ0n) is 17.3. The van der Waals surface area contributed by atoms with Crippen LogP contribution in [0.1, 0.15) is 46.1 Å². The number of nitrogens with zero attached hydrogens (tertiary/aromatic N) is 2. The maximum atomic E-state index is 12.2. The summed E-state index contributed by atoms with van der Waals surface area (Å²) in [5.41, 5.74) is 1.80. The van der Waals surface area contributed by atoms with E-state index in [9.17, 15) is 13.2 Å². The Balaban J connectivity index is 2.05. The van der Waals surface area contributed by atoms with Crippen molar-refractivity contribution in [2.45, 2.75) is 51.8 Å². The van der Waals surface area contributed by atoms with Gasteiger partial charge in [0.2, 0.25) is 5.91 Å². The maximum Gasteiger partial charge on any atom is 0.224 e. The number of benzene rings is 1. The molecule has 1 saturated heterocycles. The Bertz CT molecular complexity index is 801. The monoisotopic (exact) mass is 408 g/mol. The van der Waals surface area contributed by atoms with Crippen LogP contribution < -0.4 is 10.6 Å². The van der Waals surface area contributed by atoms with E-state index in [4.69, 9.17) is 4.99 Å². The number of anilines is 1. The highest BCUT2D eigenvalue weighted by Gasteiger charge is 2.40. The number of nitrogens with one attached hydrogen (secondary N) is 2. The van der Waals surface area contributed by atoms with Crippen molar-refractivity contribution >= 4 is 27.4 Å². The van der Waals surface area contributed by atoms with Crippen LogP contribution in [0.3, 0.4) is 0 Å². The topological polar surface area (TPSA) is 90.9 Å². The zero-order valence-corrected chi connectivity index (χ0v) is 18.1. The highest BCUT2D eigenvalue weighted by atomic mass is 32.2. The van der Waals surface area contributed by atoms with Gasteiger partial charge in [0.25, 0.3) is 0 Å². The Morgan fingerprint density at radius 2 is 1.89 bits per heavy atom. The molecule has 1 aromatic carbocycles. The van der Waals surface area contributed by atoms with Crippen molar-refractivity contribution in [3.05, 3.63) is 29.8 Å². The standard InChI is InChI=1S/C20H32N4O3S/c1-5-7-18(25)23-17-10-8-16(9-11-17)14-22-19(21-6-2)24-12-13-28(26,27)20(3,4)15-24/h8-11H,5-7,12-15H2,1-4H3,(H,21,22)(H,23,25). The lowest BCUT2D eigenvalue weighted by Crippen LogP contribution is -2.57. The highest BCUT2D eigenvalue weighted by molar-refractivity contribution is 7.92. The predicted octanol–water partition coefficient (Wildman–Crippen LogP) is 2.40. The number of carbonyl (C=O) groups excluding carboxylic acids is 1. The quantitative estimate of drug-likeness (QED) is 0.557. The molecule has 0 atom stereocenters. The van der Waals surface area contributed by atoms with Gasteiger partial charge in [-0.15, -0.1) is 0 Å². The Morgan fingerprint density at radius 1 is 1.21 bits per heavy atom. The van der Waals surface area contributed by atoms with Crippen molar-refractivity contribution in [3.8, 4) is 0 Å². The molecule has 1 aliphatic rings. The molecule has 1 aliphatic heterocycles. The van der Waals surface area contributed by atoms with Crippen molar-refractivity contribution < 1.29 is 13.2 Å². The van der Waals surface area contributed by atoms with Gasteiger partial charge in [-0.1, -0.05) is 19.1 Å². The molecule has 0 bridgehead atoms. The van der Waals surface area contributed by atoms with E-state index in [-0.39, 0.29) is 11.7 Å². The van der Waals surface area contributed by atoms with Crippen molar-refractivity contribution in [1.29, 1.82) is 0 Å². The highest BCUT2D eigenvalue weighted by Crippen LogP contribution is 2.23. The number of hydrogen-bond donors (Lipinski definition) is 2. The van der Waals surface area contributed by atoms with Crippen molar-refractivity contribution in [1.82, 2.24) is 10.2 Å². The lowest BCUT2D eigenvalue weighted by atomic mass is 10.2. The van der Waals surface area contributed by atoms with Gasteiger partial charge >= 0.3 is 0 Å². The van der Waals surface area contributed by atoms with Crippen molar-refractivity contribution in [2.75, 3.05) is 30.7 Å². The number of sulfone groups is 1. The molecule has 156 valence electrons. The van der Waals surface area contributed by atoms with Gasteiger partial charge in [0.15, 0.2) is 15.8 Å². The Kier molecular flexibility index (Phi) is 7.46. The first-order valence-electron chi connectivity index (χ1n) is 9.83. The average molecular weight is 409 g/mol. The molecule has 0 aliphatic carbocycles. The first kappa shape index (κ1) is 22.2. The molecule has 2 N–H and O–H groups in total. The second-order valence-electron chi connectivity index (χ2n) is 7.67. The minimum absolute atomic E-state index is 0.0189. The minimum atomic E-state index is -3.09. The SMILES string of the molecule is CCCC(=O)Nc1ccc(CN=C(NCC)N2CCS(=O)(=O)C(C)(C)C2)cc1. The lowest BCUT2D eigenvalue weighted by molar-refractivity contribution is -0.116. The van der Waals surface area contributed by atoms with E-state index < -0.39 is 14.6 Å². The molecule has 28 heavy (non-hydrogen) atoms. The molecular weight excluding hydrogens is 376 g/mol. The van der Waals surface area contributed by atoms with Gasteiger partial charge in [0.1, 0.15) is 0 Å². The van der Waals surface area contributed by atoms with Crippen LogP contribution in [0.2, 0.25) is 0 Å². The smallest absolute Gasteiger partial charge is 0.224 e. The predicted molar refractivity (Wildman–Crippen MR) is 114 cm³/mol. The molecule has 0 radical (unpaired) electrons. The van der Waals surface area contributed by atoms with Gasteiger partial charge in [-0.2, -0.15) is 0 Å². The molecule has 2 rings (SSSR count). The van der Waals surface area contributed by atoms with Crippen LogP contribution in [0.5, 0.6) is 0 Å². The number of rotatable bonds is 6. The van der Waals surface area contributed by atoms with Gasteiger partial charge < -0.3 is 15.5 Å². The van der Waals surface area contributed by atoms with E-state index in [1.165, 1.54) is 0 Å². The zero-order chi connectivity index (χ0) is 20.8. The molecule has 0 spiro atoms. The minimum Gasteiger partial charge on any atom is -0.357 e. The molecule has 1 amide bonds. The fraction of sp³-hybridized carbons (Fsp3) is 0.600. The summed E-state index contributed by atoms with van der Waals surface area (Å²) in [6, 6.07) is 7.64. The summed E-state index contributed by atoms with van der Waals surface area (Å²) in [5, 5.41) is 6.13. The summed E-state index contributed by atoms with van der Waals surface area (Å²) in [7, 11) is -3.09. The maximum absolute atomic E-state index is 12.2. The fourth-order valence-electron chi connectivity index (χ4n) is 3.06. The molecule has 7 nitrogen and oxygen atoms in total. The van der Waals surface area contributed by atoms with Gasteiger partial charge in [-0.05, 0) is 44.9 Å². The Morgan fingerprint density at radius 3 is 2.46 bits per heavy atom. The van der Waals surface area contributed by atoms with Gasteiger partial charge in [-0.25, -0.2) is 13.4 Å². The summed E-state index contributed by atoms with van der Waals surface area (Å²) in [6.07, 6.45) is 1.33. The Hall–Kier alpha value is -2.09. The molecule has 8 heteroatoms. The number of aliphatic imine (C=N–C) groups is 1. The summed E-state index contributed by atoms with van der Waals surface area (Å²) < 4.78 is 23.7. The van der Waals surface area contributed by atoms with E-state index >= 15 is 0 Å². The van der Waals surface area contributed by atoms with Crippen LogP contribution >= 0.6 is 0 Å². The van der Waals surface area contributed by atoms with E-state index in [0.29, 0.717) is 32.6 Å². The molecule has 1 aromatic rings. The summed E-state index contributed by atoms with van der Waals surface area (Å²) in [4.78, 5) is 18.4. The molecule has 1 fully saturated rings. The third-order valence-corrected chi connectivity index (χ3v) is 7.34. The van der Waals surface area contributed by atoms with Crippen LogP contribution in [0.4, 0.5) is 5.69 Å². The first-order chi connectivity index (χ1) is 13.2. The fourth-order valence-corrected chi connectivity index (χ4v) is 4.43. The number of guanidine groups is 1. The number of hydrogen-bond acceptors (Lipinski definition) is 4. The number of amides is 1. The Labute approximate surface area is 168 Å². The molecule has 0 saturated carbocycles.